The summed E-state index contributed by atoms with van der Waals surface area (Å²) in [5, 5.41) is 1.10. The van der Waals surface area contributed by atoms with Crippen LogP contribution in [0.25, 0.3) is 22.2 Å². The number of para-hydroxylation sites is 1. The van der Waals surface area contributed by atoms with E-state index in [1.807, 2.05) is 24.4 Å². The molecular weight excluding hydrogens is 238 g/mol. The van der Waals surface area contributed by atoms with Crippen molar-refractivity contribution in [1.82, 2.24) is 9.97 Å². The normalized spacial score (nSPS) is 12.9. The number of hydrogen-bond acceptors (Lipinski definition) is 3. The highest BCUT2D eigenvalue weighted by atomic mass is 16.3. The summed E-state index contributed by atoms with van der Waals surface area (Å²) in [6.07, 6.45) is 4.56. The van der Waals surface area contributed by atoms with Crippen LogP contribution in [0.15, 0.2) is 41.1 Å². The number of rotatable bonds is 4. The SMILES string of the molecule is CC(CCN)c1ncc(-c2coc3ccccc23)[nH]1. The van der Waals surface area contributed by atoms with E-state index < -0.39 is 0 Å². The molecule has 0 radical (unpaired) electrons. The fourth-order valence-corrected chi connectivity index (χ4v) is 2.30. The molecule has 0 aliphatic heterocycles. The molecule has 19 heavy (non-hydrogen) atoms. The summed E-state index contributed by atoms with van der Waals surface area (Å²) in [6.45, 7) is 2.80. The van der Waals surface area contributed by atoms with Gasteiger partial charge in [0.2, 0.25) is 0 Å². The second-order valence-corrected chi connectivity index (χ2v) is 4.81. The standard InChI is InChI=1S/C15H17N3O/c1-10(6-7-16)15-17-8-13(18-15)12-9-19-14-5-3-2-4-11(12)14/h2-5,8-10H,6-7,16H2,1H3,(H,17,18). The summed E-state index contributed by atoms with van der Waals surface area (Å²) in [7, 11) is 0. The van der Waals surface area contributed by atoms with E-state index >= 15 is 0 Å². The van der Waals surface area contributed by atoms with Crippen molar-refractivity contribution in [2.75, 3.05) is 6.54 Å². The molecule has 2 aromatic heterocycles. The molecule has 0 aliphatic carbocycles. The Morgan fingerprint density at radius 1 is 1.37 bits per heavy atom. The van der Waals surface area contributed by atoms with Gasteiger partial charge >= 0.3 is 0 Å². The van der Waals surface area contributed by atoms with E-state index in [1.165, 1.54) is 0 Å². The number of nitrogens with two attached hydrogens (primary N) is 1. The maximum atomic E-state index is 5.59. The van der Waals surface area contributed by atoms with Crippen LogP contribution in [0.3, 0.4) is 0 Å². The van der Waals surface area contributed by atoms with Gasteiger partial charge in [0.15, 0.2) is 0 Å². The van der Waals surface area contributed by atoms with Gasteiger partial charge in [-0.05, 0) is 19.0 Å². The highest BCUT2D eigenvalue weighted by Crippen LogP contribution is 2.30. The quantitative estimate of drug-likeness (QED) is 0.751. The first-order chi connectivity index (χ1) is 9.29. The Hall–Kier alpha value is -2.07. The van der Waals surface area contributed by atoms with E-state index in [4.69, 9.17) is 10.2 Å². The van der Waals surface area contributed by atoms with Crippen molar-refractivity contribution in [2.45, 2.75) is 19.3 Å². The van der Waals surface area contributed by atoms with Crippen molar-refractivity contribution in [1.29, 1.82) is 0 Å². The van der Waals surface area contributed by atoms with Crippen LogP contribution in [0, 0.1) is 0 Å². The van der Waals surface area contributed by atoms with Crippen molar-refractivity contribution >= 4 is 11.0 Å². The van der Waals surface area contributed by atoms with Gasteiger partial charge in [-0.15, -0.1) is 0 Å². The number of aromatic amines is 1. The molecule has 1 aromatic carbocycles. The summed E-state index contributed by atoms with van der Waals surface area (Å²) in [4.78, 5) is 7.81. The topological polar surface area (TPSA) is 67.8 Å². The maximum absolute atomic E-state index is 5.59. The Balaban J connectivity index is 1.98. The number of hydrogen-bond donors (Lipinski definition) is 2. The third-order valence-corrected chi connectivity index (χ3v) is 3.43. The Kier molecular flexibility index (Phi) is 3.09. The summed E-state index contributed by atoms with van der Waals surface area (Å²) < 4.78 is 5.55. The summed E-state index contributed by atoms with van der Waals surface area (Å²) in [5.74, 6) is 1.32. The number of fused-ring (bicyclic) bond motifs is 1. The van der Waals surface area contributed by atoms with E-state index in [1.54, 1.807) is 6.26 Å². The lowest BCUT2D eigenvalue weighted by Crippen LogP contribution is -2.05. The van der Waals surface area contributed by atoms with E-state index in [2.05, 4.69) is 23.0 Å². The van der Waals surface area contributed by atoms with E-state index in [9.17, 15) is 0 Å². The third kappa shape index (κ3) is 2.15. The Bertz CT molecular complexity index is 683. The molecule has 1 unspecified atom stereocenters. The molecule has 3 aromatic rings. The van der Waals surface area contributed by atoms with E-state index in [0.717, 1.165) is 34.5 Å². The van der Waals surface area contributed by atoms with E-state index in [0.29, 0.717) is 12.5 Å². The second-order valence-electron chi connectivity index (χ2n) is 4.81. The van der Waals surface area contributed by atoms with Gasteiger partial charge in [0.25, 0.3) is 0 Å². The minimum Gasteiger partial charge on any atom is -0.464 e. The fourth-order valence-electron chi connectivity index (χ4n) is 2.30. The molecule has 3 N–H and O–H groups in total. The zero-order chi connectivity index (χ0) is 13.2. The number of furan rings is 1. The minimum absolute atomic E-state index is 0.344. The second kappa shape index (κ2) is 4.90. The fraction of sp³-hybridized carbons (Fsp3) is 0.267. The number of imidazole rings is 1. The number of nitrogens with one attached hydrogen (secondary N) is 1. The third-order valence-electron chi connectivity index (χ3n) is 3.43. The van der Waals surface area contributed by atoms with Gasteiger partial charge in [-0.25, -0.2) is 4.98 Å². The number of benzene rings is 1. The molecule has 3 rings (SSSR count). The van der Waals surface area contributed by atoms with Crippen molar-refractivity contribution in [2.24, 2.45) is 5.73 Å². The van der Waals surface area contributed by atoms with Crippen molar-refractivity contribution < 1.29 is 4.42 Å². The lowest BCUT2D eigenvalue weighted by Gasteiger charge is -2.05. The molecule has 0 saturated heterocycles. The Morgan fingerprint density at radius 2 is 2.21 bits per heavy atom. The monoisotopic (exact) mass is 255 g/mol. The Labute approximate surface area is 111 Å². The van der Waals surface area contributed by atoms with Crippen LogP contribution in [0.1, 0.15) is 25.1 Å². The maximum Gasteiger partial charge on any atom is 0.134 e. The molecule has 0 bridgehead atoms. The first kappa shape index (κ1) is 12.0. The number of H-pyrrole nitrogens is 1. The first-order valence-electron chi connectivity index (χ1n) is 6.51. The molecule has 98 valence electrons. The van der Waals surface area contributed by atoms with Gasteiger partial charge in [-0.2, -0.15) is 0 Å². The highest BCUT2D eigenvalue weighted by Gasteiger charge is 2.13. The van der Waals surface area contributed by atoms with Gasteiger partial charge in [0.05, 0.1) is 11.9 Å². The molecule has 2 heterocycles. The Morgan fingerprint density at radius 3 is 3.05 bits per heavy atom. The van der Waals surface area contributed by atoms with Crippen LogP contribution in [0.2, 0.25) is 0 Å². The van der Waals surface area contributed by atoms with Gasteiger partial charge in [0, 0.05) is 16.9 Å². The zero-order valence-electron chi connectivity index (χ0n) is 10.9. The van der Waals surface area contributed by atoms with Gasteiger partial charge in [-0.1, -0.05) is 25.1 Å². The van der Waals surface area contributed by atoms with Crippen LogP contribution in [-0.4, -0.2) is 16.5 Å². The van der Waals surface area contributed by atoms with Gasteiger partial charge in [-0.3, -0.25) is 0 Å². The van der Waals surface area contributed by atoms with Crippen molar-refractivity contribution in [3.05, 3.63) is 42.5 Å². The summed E-state index contributed by atoms with van der Waals surface area (Å²) >= 11 is 0. The van der Waals surface area contributed by atoms with Crippen molar-refractivity contribution in [3.8, 4) is 11.3 Å². The number of nitrogens with zero attached hydrogens (tertiary/aromatic N) is 1. The zero-order valence-corrected chi connectivity index (χ0v) is 10.9. The lowest BCUT2D eigenvalue weighted by molar-refractivity contribution is 0.616. The van der Waals surface area contributed by atoms with Crippen LogP contribution in [-0.2, 0) is 0 Å². The molecule has 1 atom stereocenters. The van der Waals surface area contributed by atoms with Gasteiger partial charge in [0.1, 0.15) is 17.7 Å². The number of aromatic nitrogens is 2. The first-order valence-corrected chi connectivity index (χ1v) is 6.51. The van der Waals surface area contributed by atoms with Gasteiger partial charge < -0.3 is 15.1 Å². The molecule has 4 nitrogen and oxygen atoms in total. The largest absolute Gasteiger partial charge is 0.464 e. The van der Waals surface area contributed by atoms with E-state index in [-0.39, 0.29) is 0 Å². The molecule has 4 heteroatoms. The molecule has 0 spiro atoms. The summed E-state index contributed by atoms with van der Waals surface area (Å²) in [6, 6.07) is 8.00. The molecule has 0 aliphatic rings. The van der Waals surface area contributed by atoms with Crippen LogP contribution in [0.5, 0.6) is 0 Å². The highest BCUT2D eigenvalue weighted by molar-refractivity contribution is 5.92. The average Bonchev–Trinajstić information content (AvgIpc) is 3.05. The predicted molar refractivity (Wildman–Crippen MR) is 75.9 cm³/mol. The smallest absolute Gasteiger partial charge is 0.134 e. The molecule has 0 saturated carbocycles. The minimum atomic E-state index is 0.344. The van der Waals surface area contributed by atoms with Crippen LogP contribution >= 0.6 is 0 Å². The molecule has 0 fully saturated rings. The molecular formula is C15H17N3O. The van der Waals surface area contributed by atoms with Crippen LogP contribution in [0.4, 0.5) is 0 Å². The predicted octanol–water partition coefficient (Wildman–Crippen LogP) is 3.28. The van der Waals surface area contributed by atoms with Crippen molar-refractivity contribution in [3.63, 3.8) is 0 Å². The lowest BCUT2D eigenvalue weighted by atomic mass is 10.1. The summed E-state index contributed by atoms with van der Waals surface area (Å²) in [5.41, 5.74) is 8.52. The average molecular weight is 255 g/mol. The molecule has 0 amide bonds. The van der Waals surface area contributed by atoms with Crippen LogP contribution < -0.4 is 5.73 Å².